The average molecular weight is 523 g/mol. The lowest BCUT2D eigenvalue weighted by molar-refractivity contribution is -0.149. The Morgan fingerprint density at radius 2 is 1.70 bits per heavy atom. The van der Waals surface area contributed by atoms with Crippen LogP contribution in [0.25, 0.3) is 10.9 Å². The molecule has 0 spiro atoms. The van der Waals surface area contributed by atoms with Gasteiger partial charge in [0.05, 0.1) is 11.1 Å². The van der Waals surface area contributed by atoms with Crippen LogP contribution in [0.15, 0.2) is 77.0 Å². The lowest BCUT2D eigenvalue weighted by Crippen LogP contribution is -2.31. The van der Waals surface area contributed by atoms with Gasteiger partial charge in [0.1, 0.15) is 5.76 Å². The van der Waals surface area contributed by atoms with Crippen molar-refractivity contribution >= 4 is 32.6 Å². The number of carbonyl (C=O) groups excluding carboxylic acids is 1. The number of nitrogens with one attached hydrogen (secondary N) is 1. The monoisotopic (exact) mass is 522 g/mol. The summed E-state index contributed by atoms with van der Waals surface area (Å²) in [5.41, 5.74) is 0.906. The number of aromatic nitrogens is 1. The number of sulfonamides is 1. The van der Waals surface area contributed by atoms with Gasteiger partial charge in [-0.15, -0.1) is 0 Å². The molecule has 1 aliphatic rings. The highest BCUT2D eigenvalue weighted by atomic mass is 32.2. The fourth-order valence-electron chi connectivity index (χ4n) is 5.25. The number of cyclic esters (lactones) is 1. The van der Waals surface area contributed by atoms with Crippen LogP contribution in [0.2, 0.25) is 0 Å². The summed E-state index contributed by atoms with van der Waals surface area (Å²) in [7, 11) is -3.96. The second-order valence-corrected chi connectivity index (χ2v) is 11.6. The summed E-state index contributed by atoms with van der Waals surface area (Å²) < 4.78 is 34.8. The van der Waals surface area contributed by atoms with E-state index in [1.807, 2.05) is 52.0 Å². The number of ether oxygens (including phenoxy) is 1. The molecular formula is C29H34N2O5S. The van der Waals surface area contributed by atoms with Gasteiger partial charge in [0.2, 0.25) is 0 Å². The third kappa shape index (κ3) is 5.21. The number of para-hydroxylation sites is 1. The number of hydrogen-bond donors (Lipinski definition) is 2. The molecule has 0 saturated heterocycles. The molecule has 0 fully saturated rings. The van der Waals surface area contributed by atoms with E-state index < -0.39 is 27.5 Å². The first-order valence-electron chi connectivity index (χ1n) is 12.8. The van der Waals surface area contributed by atoms with E-state index in [0.29, 0.717) is 29.6 Å². The predicted octanol–water partition coefficient (Wildman–Crippen LogP) is 6.48. The first-order chi connectivity index (χ1) is 17.6. The molecule has 37 heavy (non-hydrogen) atoms. The fraction of sp³-hybridized carbons (Fsp3) is 0.379. The number of rotatable bonds is 10. The van der Waals surface area contributed by atoms with Crippen LogP contribution >= 0.6 is 0 Å². The number of aliphatic hydroxyl groups is 1. The van der Waals surface area contributed by atoms with Crippen LogP contribution in [0.5, 0.6) is 0 Å². The summed E-state index contributed by atoms with van der Waals surface area (Å²) >= 11 is 0. The molecule has 3 aromatic rings. The zero-order chi connectivity index (χ0) is 26.8. The Hall–Kier alpha value is -3.39. The third-order valence-electron chi connectivity index (χ3n) is 6.83. The summed E-state index contributed by atoms with van der Waals surface area (Å²) in [6, 6.07) is 17.4. The second-order valence-electron chi connectivity index (χ2n) is 9.94. The topological polar surface area (TPSA) is 106 Å². The van der Waals surface area contributed by atoms with Crippen LogP contribution in [0, 0.1) is 5.92 Å². The zero-order valence-electron chi connectivity index (χ0n) is 21.7. The van der Waals surface area contributed by atoms with Gasteiger partial charge in [0.15, 0.2) is 10.6 Å². The highest BCUT2D eigenvalue weighted by Gasteiger charge is 2.49. The Kier molecular flexibility index (Phi) is 7.59. The third-order valence-corrected chi connectivity index (χ3v) is 8.11. The zero-order valence-corrected chi connectivity index (χ0v) is 22.5. The van der Waals surface area contributed by atoms with Crippen molar-refractivity contribution in [1.82, 2.24) is 4.98 Å². The van der Waals surface area contributed by atoms with Gasteiger partial charge in [0, 0.05) is 17.0 Å². The Labute approximate surface area is 218 Å². The smallest absolute Gasteiger partial charge is 0.339 e. The Morgan fingerprint density at radius 1 is 1.00 bits per heavy atom. The SMILES string of the molecule is CCCC1(CCC)OC(=O)C(C(c2cccc(NS(=O)(=O)c3ccc4ccccc4n3)c2)C(C)C)=C1O. The molecule has 1 aromatic heterocycles. The Morgan fingerprint density at radius 3 is 2.38 bits per heavy atom. The molecule has 0 radical (unpaired) electrons. The van der Waals surface area contributed by atoms with Crippen molar-refractivity contribution in [2.45, 2.75) is 69.9 Å². The van der Waals surface area contributed by atoms with Crippen molar-refractivity contribution in [2.75, 3.05) is 4.72 Å². The van der Waals surface area contributed by atoms with Gasteiger partial charge in [-0.25, -0.2) is 9.78 Å². The van der Waals surface area contributed by atoms with Crippen molar-refractivity contribution in [1.29, 1.82) is 0 Å². The van der Waals surface area contributed by atoms with E-state index in [-0.39, 0.29) is 22.3 Å². The molecular weight excluding hydrogens is 488 g/mol. The van der Waals surface area contributed by atoms with Crippen molar-refractivity contribution in [2.24, 2.45) is 5.92 Å². The molecule has 0 amide bonds. The molecule has 1 atom stereocenters. The number of esters is 1. The number of benzene rings is 2. The molecule has 2 aromatic carbocycles. The van der Waals surface area contributed by atoms with Crippen LogP contribution in [-0.2, 0) is 19.6 Å². The van der Waals surface area contributed by atoms with Gasteiger partial charge in [-0.2, -0.15) is 8.42 Å². The molecule has 7 nitrogen and oxygen atoms in total. The molecule has 0 saturated carbocycles. The van der Waals surface area contributed by atoms with Gasteiger partial charge in [-0.1, -0.05) is 70.9 Å². The summed E-state index contributed by atoms with van der Waals surface area (Å²) in [5, 5.41) is 12.1. The van der Waals surface area contributed by atoms with E-state index in [4.69, 9.17) is 4.74 Å². The maximum Gasteiger partial charge on any atom is 0.339 e. The van der Waals surface area contributed by atoms with Gasteiger partial charge >= 0.3 is 5.97 Å². The van der Waals surface area contributed by atoms with Crippen molar-refractivity contribution in [3.63, 3.8) is 0 Å². The van der Waals surface area contributed by atoms with E-state index in [2.05, 4.69) is 9.71 Å². The fourth-order valence-corrected chi connectivity index (χ4v) is 6.26. The number of aliphatic hydroxyl groups excluding tert-OH is 1. The maximum absolute atomic E-state index is 13.2. The van der Waals surface area contributed by atoms with Crippen molar-refractivity contribution in [3.05, 3.63) is 77.6 Å². The van der Waals surface area contributed by atoms with E-state index in [0.717, 1.165) is 18.2 Å². The number of nitrogens with zero attached hydrogens (tertiary/aromatic N) is 1. The Bertz CT molecular complexity index is 1440. The largest absolute Gasteiger partial charge is 0.507 e. The normalized spacial score (nSPS) is 16.3. The first-order valence-corrected chi connectivity index (χ1v) is 14.3. The van der Waals surface area contributed by atoms with E-state index >= 15 is 0 Å². The number of fused-ring (bicyclic) bond motifs is 1. The lowest BCUT2D eigenvalue weighted by atomic mass is 9.79. The first kappa shape index (κ1) is 26.7. The molecule has 8 heteroatoms. The lowest BCUT2D eigenvalue weighted by Gasteiger charge is -2.27. The average Bonchev–Trinajstić information content (AvgIpc) is 3.08. The summed E-state index contributed by atoms with van der Waals surface area (Å²) in [4.78, 5) is 17.4. The second kappa shape index (κ2) is 10.5. The number of carbonyl (C=O) groups is 1. The molecule has 2 N–H and O–H groups in total. The van der Waals surface area contributed by atoms with Crippen molar-refractivity contribution in [3.8, 4) is 0 Å². The summed E-state index contributed by atoms with van der Waals surface area (Å²) in [6.07, 6.45) is 2.62. The van der Waals surface area contributed by atoms with Crippen LogP contribution in [0.4, 0.5) is 5.69 Å². The Balaban J connectivity index is 1.70. The molecule has 4 rings (SSSR count). The highest BCUT2D eigenvalue weighted by molar-refractivity contribution is 7.92. The summed E-state index contributed by atoms with van der Waals surface area (Å²) in [6.45, 7) is 7.92. The molecule has 196 valence electrons. The van der Waals surface area contributed by atoms with Crippen LogP contribution in [0.3, 0.4) is 0 Å². The molecule has 2 heterocycles. The van der Waals surface area contributed by atoms with Gasteiger partial charge < -0.3 is 9.84 Å². The standard InChI is InChI=1S/C29H34N2O5S/c1-5-16-29(17-6-2)27(32)26(28(33)36-29)25(19(3)4)21-11-9-12-22(18-21)31-37(34,35)24-15-14-20-10-7-8-13-23(20)30-24/h7-15,18-19,25,31-32H,5-6,16-17H2,1-4H3. The van der Waals surface area contributed by atoms with E-state index in [1.54, 1.807) is 30.3 Å². The quantitative estimate of drug-likeness (QED) is 0.295. The minimum absolute atomic E-state index is 0.00578. The molecule has 1 unspecified atom stereocenters. The van der Waals surface area contributed by atoms with Crippen molar-refractivity contribution < 1.29 is 23.1 Å². The van der Waals surface area contributed by atoms with E-state index in [9.17, 15) is 18.3 Å². The maximum atomic E-state index is 13.2. The number of pyridine rings is 1. The number of hydrogen-bond acceptors (Lipinski definition) is 6. The molecule has 0 aliphatic carbocycles. The summed E-state index contributed by atoms with van der Waals surface area (Å²) in [5.74, 6) is -1.03. The molecule has 1 aliphatic heterocycles. The van der Waals surface area contributed by atoms with Gasteiger partial charge in [-0.3, -0.25) is 4.72 Å². The minimum Gasteiger partial charge on any atom is -0.507 e. The molecule has 0 bridgehead atoms. The highest BCUT2D eigenvalue weighted by Crippen LogP contribution is 2.46. The van der Waals surface area contributed by atoms with Crippen LogP contribution in [-0.4, -0.2) is 30.1 Å². The number of anilines is 1. The minimum atomic E-state index is -3.96. The predicted molar refractivity (Wildman–Crippen MR) is 145 cm³/mol. The van der Waals surface area contributed by atoms with Gasteiger partial charge in [-0.05, 0) is 54.7 Å². The van der Waals surface area contributed by atoms with Gasteiger partial charge in [0.25, 0.3) is 10.0 Å². The van der Waals surface area contributed by atoms with Crippen LogP contribution < -0.4 is 4.72 Å². The van der Waals surface area contributed by atoms with E-state index in [1.165, 1.54) is 6.07 Å². The van der Waals surface area contributed by atoms with Crippen LogP contribution in [0.1, 0.15) is 64.9 Å².